The van der Waals surface area contributed by atoms with Crippen molar-refractivity contribution in [1.82, 2.24) is 14.9 Å². The molecule has 11 nitrogen and oxygen atoms in total. The van der Waals surface area contributed by atoms with Crippen molar-refractivity contribution >= 4 is 46.8 Å². The van der Waals surface area contributed by atoms with Gasteiger partial charge in [0, 0.05) is 68.4 Å². The Morgan fingerprint density at radius 2 is 1.67 bits per heavy atom. The molecule has 1 fully saturated rings. The number of ether oxygens (including phenoxy) is 3. The number of anilines is 4. The van der Waals surface area contributed by atoms with Gasteiger partial charge in [-0.1, -0.05) is 26.8 Å². The average Bonchev–Trinajstić information content (AvgIpc) is 2.96. The molecule has 2 heterocycles. The smallest absolute Gasteiger partial charge is 0.412 e. The van der Waals surface area contributed by atoms with Gasteiger partial charge in [-0.3, -0.25) is 10.1 Å². The molecule has 0 spiro atoms. The van der Waals surface area contributed by atoms with Gasteiger partial charge in [0.2, 0.25) is 17.7 Å². The summed E-state index contributed by atoms with van der Waals surface area (Å²) in [5.41, 5.74) is 2.32. The highest BCUT2D eigenvalue weighted by atomic mass is 32.2. The van der Waals surface area contributed by atoms with Crippen LogP contribution in [-0.2, 0) is 14.9 Å². The van der Waals surface area contributed by atoms with E-state index in [9.17, 15) is 9.59 Å². The lowest BCUT2D eigenvalue weighted by Gasteiger charge is -2.35. The Hall–Kier alpha value is -4.19. The van der Waals surface area contributed by atoms with Crippen molar-refractivity contribution in [3.63, 3.8) is 0 Å². The van der Waals surface area contributed by atoms with E-state index in [0.717, 1.165) is 29.2 Å². The topological polar surface area (TPSA) is 118 Å². The first kappa shape index (κ1) is 33.7. The number of benzene rings is 2. The lowest BCUT2D eigenvalue weighted by atomic mass is 9.86. The van der Waals surface area contributed by atoms with E-state index in [0.29, 0.717) is 47.8 Å². The third-order valence-electron chi connectivity index (χ3n) is 7.11. The molecule has 12 heteroatoms. The highest BCUT2D eigenvalue weighted by molar-refractivity contribution is 7.98. The SMILES string of the molecule is COc1cc(N2CCN(C(C)=O)CC2)ccc1Nc1ncc(SC)c(Oc2cc(NC(=O)OC(C)(C)C)ccc2C(C)(C)C)n1. The minimum atomic E-state index is -0.624. The predicted octanol–water partition coefficient (Wildman–Crippen LogP) is 7.06. The monoisotopic (exact) mass is 636 g/mol. The number of hydrogen-bond donors (Lipinski definition) is 2. The van der Waals surface area contributed by atoms with Gasteiger partial charge in [0.1, 0.15) is 17.1 Å². The number of methoxy groups -OCH3 is 1. The number of aromatic nitrogens is 2. The fourth-order valence-electron chi connectivity index (χ4n) is 4.84. The Labute approximate surface area is 270 Å². The second-order valence-electron chi connectivity index (χ2n) is 12.8. The fraction of sp³-hybridized carbons (Fsp3) is 0.455. The molecule has 2 N–H and O–H groups in total. The van der Waals surface area contributed by atoms with Crippen LogP contribution in [0.25, 0.3) is 0 Å². The van der Waals surface area contributed by atoms with Crippen molar-refractivity contribution in [3.8, 4) is 17.4 Å². The highest BCUT2D eigenvalue weighted by Gasteiger charge is 2.24. The van der Waals surface area contributed by atoms with Gasteiger partial charge in [-0.25, -0.2) is 9.78 Å². The second kappa shape index (κ2) is 13.8. The van der Waals surface area contributed by atoms with Crippen molar-refractivity contribution in [2.24, 2.45) is 0 Å². The fourth-order valence-corrected chi connectivity index (χ4v) is 5.26. The molecule has 0 atom stereocenters. The van der Waals surface area contributed by atoms with Crippen LogP contribution < -0.4 is 25.0 Å². The summed E-state index contributed by atoms with van der Waals surface area (Å²) in [7, 11) is 1.62. The van der Waals surface area contributed by atoms with Crippen molar-refractivity contribution in [3.05, 3.63) is 48.2 Å². The first-order chi connectivity index (χ1) is 21.2. The molecule has 3 aromatic rings. The lowest BCUT2D eigenvalue weighted by molar-refractivity contribution is -0.129. The number of nitrogens with one attached hydrogen (secondary N) is 2. The standard InChI is InChI=1S/C33H44N6O5S/c1-21(40)38-14-16-39(17-15-38)23-11-13-25(27(19-23)42-8)36-30-34-20-28(45-9)29(37-30)43-26-18-22(10-12-24(26)32(2,3)4)35-31(41)44-33(5,6)7/h10-13,18-20H,14-17H2,1-9H3,(H,35,41)(H,34,36,37). The first-order valence-corrected chi connectivity index (χ1v) is 16.1. The summed E-state index contributed by atoms with van der Waals surface area (Å²) in [5.74, 6) is 2.01. The quantitative estimate of drug-likeness (QED) is 0.249. The Balaban J connectivity index is 1.59. The molecule has 45 heavy (non-hydrogen) atoms. The number of carbonyl (C=O) groups is 2. The molecular formula is C33H44N6O5S. The molecule has 2 aromatic carbocycles. The summed E-state index contributed by atoms with van der Waals surface area (Å²) in [5, 5.41) is 6.07. The van der Waals surface area contributed by atoms with Gasteiger partial charge in [-0.2, -0.15) is 4.98 Å². The molecule has 1 aliphatic heterocycles. The zero-order chi connectivity index (χ0) is 32.9. The van der Waals surface area contributed by atoms with E-state index in [4.69, 9.17) is 19.2 Å². The summed E-state index contributed by atoms with van der Waals surface area (Å²) in [6, 6.07) is 11.5. The number of thioether (sulfide) groups is 1. The largest absolute Gasteiger partial charge is 0.494 e. The van der Waals surface area contributed by atoms with Crippen LogP contribution >= 0.6 is 11.8 Å². The van der Waals surface area contributed by atoms with Gasteiger partial charge in [0.15, 0.2) is 0 Å². The van der Waals surface area contributed by atoms with E-state index < -0.39 is 11.7 Å². The van der Waals surface area contributed by atoms with Crippen molar-refractivity contribution in [2.45, 2.75) is 64.4 Å². The third kappa shape index (κ3) is 8.93. The third-order valence-corrected chi connectivity index (χ3v) is 7.83. The van der Waals surface area contributed by atoms with Crippen LogP contribution in [0.5, 0.6) is 17.4 Å². The summed E-state index contributed by atoms with van der Waals surface area (Å²) in [4.78, 5) is 38.3. The number of hydrogen-bond acceptors (Lipinski definition) is 10. The molecule has 1 aliphatic rings. The zero-order valence-corrected chi connectivity index (χ0v) is 28.4. The minimum absolute atomic E-state index is 0.0995. The van der Waals surface area contributed by atoms with Crippen molar-refractivity contribution in [2.75, 3.05) is 55.1 Å². The van der Waals surface area contributed by atoms with Crippen LogP contribution in [0.4, 0.5) is 27.8 Å². The second-order valence-corrected chi connectivity index (χ2v) is 13.6. The maximum atomic E-state index is 12.5. The summed E-state index contributed by atoms with van der Waals surface area (Å²) >= 11 is 1.47. The number of rotatable bonds is 8. The summed E-state index contributed by atoms with van der Waals surface area (Å²) in [6.07, 6.45) is 3.10. The van der Waals surface area contributed by atoms with Crippen molar-refractivity contribution in [1.29, 1.82) is 0 Å². The number of nitrogens with zero attached hydrogens (tertiary/aromatic N) is 4. The zero-order valence-electron chi connectivity index (χ0n) is 27.6. The Kier molecular flexibility index (Phi) is 10.4. The molecule has 0 unspecified atom stereocenters. The molecule has 242 valence electrons. The van der Waals surface area contributed by atoms with Crippen LogP contribution in [0.2, 0.25) is 0 Å². The van der Waals surface area contributed by atoms with Gasteiger partial charge in [0.25, 0.3) is 0 Å². The van der Waals surface area contributed by atoms with Crippen LogP contribution in [0.15, 0.2) is 47.5 Å². The Morgan fingerprint density at radius 3 is 2.27 bits per heavy atom. The Morgan fingerprint density at radius 1 is 0.956 bits per heavy atom. The van der Waals surface area contributed by atoms with Gasteiger partial charge < -0.3 is 29.3 Å². The maximum Gasteiger partial charge on any atom is 0.412 e. The maximum absolute atomic E-state index is 12.5. The van der Waals surface area contributed by atoms with E-state index in [1.54, 1.807) is 26.3 Å². The molecule has 0 radical (unpaired) electrons. The minimum Gasteiger partial charge on any atom is -0.494 e. The normalized spacial score (nSPS) is 13.7. The van der Waals surface area contributed by atoms with E-state index in [1.807, 2.05) is 62.3 Å². The van der Waals surface area contributed by atoms with Gasteiger partial charge >= 0.3 is 6.09 Å². The van der Waals surface area contributed by atoms with Gasteiger partial charge in [-0.15, -0.1) is 11.8 Å². The van der Waals surface area contributed by atoms with E-state index >= 15 is 0 Å². The summed E-state index contributed by atoms with van der Waals surface area (Å²) in [6.45, 7) is 16.2. The highest BCUT2D eigenvalue weighted by Crippen LogP contribution is 2.39. The molecule has 0 saturated carbocycles. The number of piperazine rings is 1. The molecule has 4 rings (SSSR count). The van der Waals surface area contributed by atoms with Crippen LogP contribution in [0.3, 0.4) is 0 Å². The molecule has 2 amide bonds. The van der Waals surface area contributed by atoms with Crippen LogP contribution in [0.1, 0.15) is 54.0 Å². The molecule has 1 saturated heterocycles. The lowest BCUT2D eigenvalue weighted by Crippen LogP contribution is -2.48. The molecule has 0 aliphatic carbocycles. The van der Waals surface area contributed by atoms with Gasteiger partial charge in [0.05, 0.1) is 17.7 Å². The van der Waals surface area contributed by atoms with Gasteiger partial charge in [-0.05, 0) is 50.6 Å². The van der Waals surface area contributed by atoms with E-state index in [2.05, 4.69) is 41.3 Å². The average molecular weight is 637 g/mol. The predicted molar refractivity (Wildman–Crippen MR) is 180 cm³/mol. The van der Waals surface area contributed by atoms with E-state index in [-0.39, 0.29) is 11.3 Å². The molecule has 0 bridgehead atoms. The molecular weight excluding hydrogens is 592 g/mol. The van der Waals surface area contributed by atoms with Crippen molar-refractivity contribution < 1.29 is 23.8 Å². The summed E-state index contributed by atoms with van der Waals surface area (Å²) < 4.78 is 17.6. The number of carbonyl (C=O) groups excluding carboxylic acids is 2. The van der Waals surface area contributed by atoms with Crippen LogP contribution in [0, 0.1) is 0 Å². The van der Waals surface area contributed by atoms with E-state index in [1.165, 1.54) is 11.8 Å². The van der Waals surface area contributed by atoms with Crippen LogP contribution in [-0.4, -0.2) is 72.0 Å². The first-order valence-electron chi connectivity index (χ1n) is 14.9. The number of amides is 2. The molecule has 1 aromatic heterocycles. The Bertz CT molecular complexity index is 1530.